The lowest BCUT2D eigenvalue weighted by Gasteiger charge is -2.06. The molecule has 0 radical (unpaired) electrons. The van der Waals surface area contributed by atoms with Crippen LogP contribution < -0.4 is 0 Å². The minimum absolute atomic E-state index is 0.236. The van der Waals surface area contributed by atoms with Gasteiger partial charge in [0.15, 0.2) is 6.10 Å². The standard InChI is InChI=1S/C7H12O6/c1-2-3-12-6(9)4-5(8)7(10)13-11/h5,8,11H,2-4H2,1H3. The Morgan fingerprint density at radius 3 is 2.54 bits per heavy atom. The highest BCUT2D eigenvalue weighted by Crippen LogP contribution is 1.97. The zero-order valence-electron chi connectivity index (χ0n) is 7.23. The van der Waals surface area contributed by atoms with Crippen molar-refractivity contribution in [2.24, 2.45) is 0 Å². The predicted molar refractivity (Wildman–Crippen MR) is 40.6 cm³/mol. The van der Waals surface area contributed by atoms with E-state index >= 15 is 0 Å². The molecule has 2 N–H and O–H groups in total. The Kier molecular flexibility index (Phi) is 5.82. The molecule has 0 saturated heterocycles. The monoisotopic (exact) mass is 192 g/mol. The fourth-order valence-electron chi connectivity index (χ4n) is 0.577. The van der Waals surface area contributed by atoms with E-state index in [1.54, 1.807) is 0 Å². The van der Waals surface area contributed by atoms with Gasteiger partial charge in [0.2, 0.25) is 0 Å². The van der Waals surface area contributed by atoms with E-state index in [-0.39, 0.29) is 6.61 Å². The van der Waals surface area contributed by atoms with Gasteiger partial charge in [-0.3, -0.25) is 9.68 Å². The molecule has 0 fully saturated rings. The fourth-order valence-corrected chi connectivity index (χ4v) is 0.577. The first kappa shape index (κ1) is 11.9. The SMILES string of the molecule is CCCOC(=O)CC(O)C(=O)OO. The number of esters is 1. The zero-order valence-corrected chi connectivity index (χ0v) is 7.23. The lowest BCUT2D eigenvalue weighted by Crippen LogP contribution is -2.26. The number of carbonyl (C=O) groups is 2. The van der Waals surface area contributed by atoms with Crippen molar-refractivity contribution in [3.63, 3.8) is 0 Å². The molecule has 0 bridgehead atoms. The third-order valence-corrected chi connectivity index (χ3v) is 1.19. The van der Waals surface area contributed by atoms with Crippen molar-refractivity contribution in [2.75, 3.05) is 6.61 Å². The van der Waals surface area contributed by atoms with Crippen LogP contribution in [-0.4, -0.2) is 35.0 Å². The van der Waals surface area contributed by atoms with Crippen LogP contribution in [0.1, 0.15) is 19.8 Å². The molecule has 0 spiro atoms. The molecular weight excluding hydrogens is 180 g/mol. The molecule has 0 aliphatic carbocycles. The molecule has 13 heavy (non-hydrogen) atoms. The first-order chi connectivity index (χ1) is 6.11. The Labute approximate surface area is 75.0 Å². The Balaban J connectivity index is 3.71. The Morgan fingerprint density at radius 1 is 1.46 bits per heavy atom. The second kappa shape index (κ2) is 6.38. The van der Waals surface area contributed by atoms with Crippen LogP contribution in [0.5, 0.6) is 0 Å². The summed E-state index contributed by atoms with van der Waals surface area (Å²) in [6.07, 6.45) is -1.53. The molecule has 0 amide bonds. The molecule has 6 nitrogen and oxygen atoms in total. The summed E-state index contributed by atoms with van der Waals surface area (Å²) in [6.45, 7) is 2.05. The van der Waals surface area contributed by atoms with Gasteiger partial charge in [-0.2, -0.15) is 5.26 Å². The number of carbonyl (C=O) groups excluding carboxylic acids is 2. The fraction of sp³-hybridized carbons (Fsp3) is 0.714. The van der Waals surface area contributed by atoms with E-state index in [0.717, 1.165) is 0 Å². The van der Waals surface area contributed by atoms with Gasteiger partial charge in [-0.25, -0.2) is 4.79 Å². The summed E-state index contributed by atoms with van der Waals surface area (Å²) in [5, 5.41) is 16.7. The molecule has 0 saturated carbocycles. The Bertz CT molecular complexity index is 178. The largest absolute Gasteiger partial charge is 0.466 e. The third-order valence-electron chi connectivity index (χ3n) is 1.19. The number of hydrogen-bond donors (Lipinski definition) is 2. The first-order valence-corrected chi connectivity index (χ1v) is 3.80. The van der Waals surface area contributed by atoms with Crippen molar-refractivity contribution in [1.29, 1.82) is 0 Å². The summed E-state index contributed by atoms with van der Waals surface area (Å²) < 4.78 is 4.57. The smallest absolute Gasteiger partial charge is 0.370 e. The van der Waals surface area contributed by atoms with Crippen molar-refractivity contribution in [1.82, 2.24) is 0 Å². The maximum absolute atomic E-state index is 10.8. The van der Waals surface area contributed by atoms with E-state index in [9.17, 15) is 9.59 Å². The molecule has 1 unspecified atom stereocenters. The molecule has 0 heterocycles. The topological polar surface area (TPSA) is 93.1 Å². The average Bonchev–Trinajstić information content (AvgIpc) is 2.13. The number of hydrogen-bond acceptors (Lipinski definition) is 6. The quantitative estimate of drug-likeness (QED) is 0.353. The highest BCUT2D eigenvalue weighted by Gasteiger charge is 2.21. The van der Waals surface area contributed by atoms with Crippen molar-refractivity contribution >= 4 is 11.9 Å². The van der Waals surface area contributed by atoms with Gasteiger partial charge in [-0.15, -0.1) is 0 Å². The van der Waals surface area contributed by atoms with Crippen LogP contribution in [0.4, 0.5) is 0 Å². The summed E-state index contributed by atoms with van der Waals surface area (Å²) in [5.41, 5.74) is 0. The van der Waals surface area contributed by atoms with Crippen LogP contribution >= 0.6 is 0 Å². The van der Waals surface area contributed by atoms with Crippen molar-refractivity contribution in [3.05, 3.63) is 0 Å². The molecule has 0 rings (SSSR count). The molecule has 6 heteroatoms. The maximum Gasteiger partial charge on any atom is 0.370 e. The highest BCUT2D eigenvalue weighted by atomic mass is 17.1. The lowest BCUT2D eigenvalue weighted by atomic mass is 10.2. The van der Waals surface area contributed by atoms with Crippen LogP contribution in [-0.2, 0) is 19.2 Å². The van der Waals surface area contributed by atoms with Gasteiger partial charge in [-0.1, -0.05) is 6.92 Å². The highest BCUT2D eigenvalue weighted by molar-refractivity contribution is 5.81. The normalized spacial score (nSPS) is 11.9. The molecule has 1 atom stereocenters. The van der Waals surface area contributed by atoms with Crippen LogP contribution in [0.25, 0.3) is 0 Å². The minimum Gasteiger partial charge on any atom is -0.466 e. The van der Waals surface area contributed by atoms with Crippen LogP contribution in [0.3, 0.4) is 0 Å². The summed E-state index contributed by atoms with van der Waals surface area (Å²) >= 11 is 0. The van der Waals surface area contributed by atoms with Gasteiger partial charge in [0.05, 0.1) is 13.0 Å². The van der Waals surface area contributed by atoms with Crippen molar-refractivity contribution < 1.29 is 29.6 Å². The molecule has 0 aliphatic rings. The van der Waals surface area contributed by atoms with Crippen LogP contribution in [0.15, 0.2) is 0 Å². The summed E-state index contributed by atoms with van der Waals surface area (Å²) in [5.74, 6) is -1.98. The van der Waals surface area contributed by atoms with E-state index in [0.29, 0.717) is 6.42 Å². The molecule has 0 aromatic carbocycles. The maximum atomic E-state index is 10.8. The van der Waals surface area contributed by atoms with E-state index in [2.05, 4.69) is 9.62 Å². The second-order valence-corrected chi connectivity index (χ2v) is 2.35. The lowest BCUT2D eigenvalue weighted by molar-refractivity contribution is -0.242. The number of aliphatic hydroxyl groups excluding tert-OH is 1. The predicted octanol–water partition coefficient (Wildman–Crippen LogP) is -0.293. The Morgan fingerprint density at radius 2 is 2.08 bits per heavy atom. The third kappa shape index (κ3) is 5.15. The van der Waals surface area contributed by atoms with Crippen molar-refractivity contribution in [2.45, 2.75) is 25.9 Å². The van der Waals surface area contributed by atoms with Crippen molar-refractivity contribution in [3.8, 4) is 0 Å². The zero-order chi connectivity index (χ0) is 10.3. The number of rotatable bonds is 5. The first-order valence-electron chi connectivity index (χ1n) is 3.80. The van der Waals surface area contributed by atoms with Gasteiger partial charge < -0.3 is 9.84 Å². The molecule has 0 aliphatic heterocycles. The molecule has 0 aromatic rings. The number of ether oxygens (including phenoxy) is 1. The van der Waals surface area contributed by atoms with E-state index in [1.807, 2.05) is 6.92 Å². The molecule has 0 aromatic heterocycles. The van der Waals surface area contributed by atoms with Gasteiger partial charge in [0, 0.05) is 0 Å². The summed E-state index contributed by atoms with van der Waals surface area (Å²) in [4.78, 5) is 24.4. The van der Waals surface area contributed by atoms with Gasteiger partial charge in [0.25, 0.3) is 0 Å². The average molecular weight is 192 g/mol. The van der Waals surface area contributed by atoms with Crippen LogP contribution in [0, 0.1) is 0 Å². The molecular formula is C7H12O6. The van der Waals surface area contributed by atoms with E-state index < -0.39 is 24.5 Å². The molecule has 76 valence electrons. The minimum atomic E-state index is -1.67. The van der Waals surface area contributed by atoms with Gasteiger partial charge >= 0.3 is 11.9 Å². The summed E-state index contributed by atoms with van der Waals surface area (Å²) in [6, 6.07) is 0. The van der Waals surface area contributed by atoms with Crippen LogP contribution in [0.2, 0.25) is 0 Å². The number of aliphatic hydroxyl groups is 1. The summed E-state index contributed by atoms with van der Waals surface area (Å²) in [7, 11) is 0. The second-order valence-electron chi connectivity index (χ2n) is 2.35. The van der Waals surface area contributed by atoms with Gasteiger partial charge in [-0.05, 0) is 6.42 Å². The van der Waals surface area contributed by atoms with E-state index in [1.165, 1.54) is 0 Å². The van der Waals surface area contributed by atoms with E-state index in [4.69, 9.17) is 10.4 Å². The Hall–Kier alpha value is -1.14. The van der Waals surface area contributed by atoms with Gasteiger partial charge in [0.1, 0.15) is 0 Å².